The molecule has 20 heavy (non-hydrogen) atoms. The Labute approximate surface area is 117 Å². The third-order valence-corrected chi connectivity index (χ3v) is 3.95. The van der Waals surface area contributed by atoms with Crippen molar-refractivity contribution in [3.63, 3.8) is 0 Å². The molecule has 0 bridgehead atoms. The van der Waals surface area contributed by atoms with Gasteiger partial charge in [0.2, 0.25) is 0 Å². The van der Waals surface area contributed by atoms with Crippen LogP contribution in [0.5, 0.6) is 0 Å². The second kappa shape index (κ2) is 6.61. The molecular weight excluding hydrogens is 267 g/mol. The second-order valence-electron chi connectivity index (χ2n) is 5.52. The van der Waals surface area contributed by atoms with E-state index in [1.165, 1.54) is 0 Å². The Bertz CT molecular complexity index is 414. The van der Waals surface area contributed by atoms with Crippen LogP contribution in [0.15, 0.2) is 12.4 Å². The first-order valence-corrected chi connectivity index (χ1v) is 7.30. The van der Waals surface area contributed by atoms with Crippen molar-refractivity contribution in [2.75, 3.05) is 0 Å². The molecule has 1 aliphatic rings. The number of nitrogens with zero attached hydrogens (tertiary/aromatic N) is 2. The number of rotatable bonds is 5. The number of imidazole rings is 1. The molecule has 1 saturated carbocycles. The van der Waals surface area contributed by atoms with E-state index in [1.807, 2.05) is 6.20 Å². The standard InChI is InChI=1S/C14H22F3N3/c1-2-7-20-8-6-18-13(20)10-19-12-5-3-4-11(9-12)14(15,16)17/h6,8,11-12,19H,2-5,7,9-10H2,1H3. The van der Waals surface area contributed by atoms with Gasteiger partial charge in [-0.05, 0) is 25.7 Å². The number of halogens is 3. The molecule has 0 saturated heterocycles. The average Bonchev–Trinajstić information content (AvgIpc) is 2.84. The summed E-state index contributed by atoms with van der Waals surface area (Å²) in [7, 11) is 0. The molecule has 1 N–H and O–H groups in total. The predicted molar refractivity (Wildman–Crippen MR) is 71.2 cm³/mol. The Kier molecular flexibility index (Phi) is 5.07. The van der Waals surface area contributed by atoms with Gasteiger partial charge in [-0.15, -0.1) is 0 Å². The van der Waals surface area contributed by atoms with Crippen LogP contribution in [0.2, 0.25) is 0 Å². The van der Waals surface area contributed by atoms with Gasteiger partial charge < -0.3 is 9.88 Å². The molecule has 0 aliphatic heterocycles. The van der Waals surface area contributed by atoms with Crippen molar-refractivity contribution in [3.8, 4) is 0 Å². The van der Waals surface area contributed by atoms with Gasteiger partial charge in [0.05, 0.1) is 12.5 Å². The number of aryl methyl sites for hydroxylation is 1. The third-order valence-electron chi connectivity index (χ3n) is 3.95. The summed E-state index contributed by atoms with van der Waals surface area (Å²) in [5, 5.41) is 3.24. The van der Waals surface area contributed by atoms with Crippen LogP contribution in [0, 0.1) is 5.92 Å². The number of nitrogens with one attached hydrogen (secondary N) is 1. The first-order valence-electron chi connectivity index (χ1n) is 7.30. The van der Waals surface area contributed by atoms with Gasteiger partial charge in [0.15, 0.2) is 0 Å². The molecule has 0 radical (unpaired) electrons. The minimum Gasteiger partial charge on any atom is -0.334 e. The predicted octanol–water partition coefficient (Wildman–Crippen LogP) is 3.50. The molecule has 2 rings (SSSR count). The highest BCUT2D eigenvalue weighted by Gasteiger charge is 2.41. The van der Waals surface area contributed by atoms with Crippen LogP contribution >= 0.6 is 0 Å². The van der Waals surface area contributed by atoms with Gasteiger partial charge in [0.25, 0.3) is 0 Å². The molecule has 114 valence electrons. The van der Waals surface area contributed by atoms with Crippen LogP contribution in [-0.4, -0.2) is 21.8 Å². The fraction of sp³-hybridized carbons (Fsp3) is 0.786. The normalized spacial score (nSPS) is 24.0. The van der Waals surface area contributed by atoms with Crippen LogP contribution in [0.1, 0.15) is 44.9 Å². The van der Waals surface area contributed by atoms with Gasteiger partial charge in [0, 0.05) is 25.0 Å². The van der Waals surface area contributed by atoms with Gasteiger partial charge in [-0.1, -0.05) is 13.3 Å². The number of aromatic nitrogens is 2. The summed E-state index contributed by atoms with van der Waals surface area (Å²) in [6, 6.07) is -0.0536. The first kappa shape index (κ1) is 15.4. The fourth-order valence-corrected chi connectivity index (χ4v) is 2.86. The van der Waals surface area contributed by atoms with Gasteiger partial charge in [-0.3, -0.25) is 0 Å². The van der Waals surface area contributed by atoms with Crippen molar-refractivity contribution >= 4 is 0 Å². The number of hydrogen-bond acceptors (Lipinski definition) is 2. The monoisotopic (exact) mass is 289 g/mol. The topological polar surface area (TPSA) is 29.9 Å². The lowest BCUT2D eigenvalue weighted by atomic mass is 9.85. The third kappa shape index (κ3) is 3.98. The molecule has 6 heteroatoms. The zero-order valence-corrected chi connectivity index (χ0v) is 11.8. The molecular formula is C14H22F3N3. The first-order chi connectivity index (χ1) is 9.50. The molecule has 1 fully saturated rings. The lowest BCUT2D eigenvalue weighted by Gasteiger charge is -2.31. The SMILES string of the molecule is CCCn1ccnc1CNC1CCCC(C(F)(F)F)C1. The minimum absolute atomic E-state index is 0.0536. The van der Waals surface area contributed by atoms with Crippen molar-refractivity contribution in [2.45, 2.75) is 64.3 Å². The van der Waals surface area contributed by atoms with Crippen LogP contribution in [0.25, 0.3) is 0 Å². The van der Waals surface area contributed by atoms with Gasteiger partial charge >= 0.3 is 6.18 Å². The molecule has 0 aromatic carbocycles. The molecule has 0 spiro atoms. The summed E-state index contributed by atoms with van der Waals surface area (Å²) < 4.78 is 40.3. The zero-order chi connectivity index (χ0) is 14.6. The Hall–Kier alpha value is -1.04. The molecule has 1 heterocycles. The van der Waals surface area contributed by atoms with Gasteiger partial charge in [0.1, 0.15) is 5.82 Å². The van der Waals surface area contributed by atoms with Crippen molar-refractivity contribution < 1.29 is 13.2 Å². The summed E-state index contributed by atoms with van der Waals surface area (Å²) in [6.45, 7) is 3.53. The quantitative estimate of drug-likeness (QED) is 0.899. The summed E-state index contributed by atoms with van der Waals surface area (Å²) >= 11 is 0. The van der Waals surface area contributed by atoms with Crippen LogP contribution in [-0.2, 0) is 13.1 Å². The van der Waals surface area contributed by atoms with Crippen molar-refractivity contribution in [3.05, 3.63) is 18.2 Å². The van der Waals surface area contributed by atoms with Gasteiger partial charge in [-0.2, -0.15) is 13.2 Å². The molecule has 2 unspecified atom stereocenters. The maximum Gasteiger partial charge on any atom is 0.391 e. The Morgan fingerprint density at radius 1 is 1.40 bits per heavy atom. The van der Waals surface area contributed by atoms with E-state index in [9.17, 15) is 13.2 Å². The summed E-state index contributed by atoms with van der Waals surface area (Å²) in [4.78, 5) is 4.27. The Morgan fingerprint density at radius 2 is 2.20 bits per heavy atom. The summed E-state index contributed by atoms with van der Waals surface area (Å²) in [5.41, 5.74) is 0. The van der Waals surface area contributed by atoms with Crippen LogP contribution in [0.3, 0.4) is 0 Å². The number of hydrogen-bond donors (Lipinski definition) is 1. The van der Waals surface area contributed by atoms with E-state index in [2.05, 4.69) is 21.8 Å². The maximum atomic E-state index is 12.7. The van der Waals surface area contributed by atoms with E-state index < -0.39 is 12.1 Å². The Morgan fingerprint density at radius 3 is 2.90 bits per heavy atom. The molecule has 1 aromatic heterocycles. The lowest BCUT2D eigenvalue weighted by molar-refractivity contribution is -0.183. The zero-order valence-electron chi connectivity index (χ0n) is 11.8. The van der Waals surface area contributed by atoms with E-state index in [0.29, 0.717) is 13.0 Å². The van der Waals surface area contributed by atoms with E-state index in [4.69, 9.17) is 0 Å². The van der Waals surface area contributed by atoms with E-state index in [0.717, 1.165) is 25.2 Å². The summed E-state index contributed by atoms with van der Waals surface area (Å²) in [5.74, 6) is -0.245. The molecule has 1 aliphatic carbocycles. The second-order valence-corrected chi connectivity index (χ2v) is 5.52. The molecule has 2 atom stereocenters. The van der Waals surface area contributed by atoms with Gasteiger partial charge in [-0.25, -0.2) is 4.98 Å². The average molecular weight is 289 g/mol. The molecule has 3 nitrogen and oxygen atoms in total. The van der Waals surface area contributed by atoms with E-state index in [-0.39, 0.29) is 18.9 Å². The highest BCUT2D eigenvalue weighted by molar-refractivity contribution is 4.93. The minimum atomic E-state index is -4.05. The fourth-order valence-electron chi connectivity index (χ4n) is 2.86. The highest BCUT2D eigenvalue weighted by atomic mass is 19.4. The van der Waals surface area contributed by atoms with E-state index in [1.54, 1.807) is 6.20 Å². The van der Waals surface area contributed by atoms with Crippen LogP contribution in [0.4, 0.5) is 13.2 Å². The van der Waals surface area contributed by atoms with E-state index >= 15 is 0 Å². The maximum absolute atomic E-state index is 12.7. The van der Waals surface area contributed by atoms with Crippen molar-refractivity contribution in [1.29, 1.82) is 0 Å². The van der Waals surface area contributed by atoms with Crippen molar-refractivity contribution in [2.24, 2.45) is 5.92 Å². The van der Waals surface area contributed by atoms with Crippen LogP contribution < -0.4 is 5.32 Å². The van der Waals surface area contributed by atoms with Crippen molar-refractivity contribution in [1.82, 2.24) is 14.9 Å². The number of alkyl halides is 3. The lowest BCUT2D eigenvalue weighted by Crippen LogP contribution is -2.38. The smallest absolute Gasteiger partial charge is 0.334 e. The molecule has 0 amide bonds. The highest BCUT2D eigenvalue weighted by Crippen LogP contribution is 2.37. The largest absolute Gasteiger partial charge is 0.391 e. The summed E-state index contributed by atoms with van der Waals surface area (Å²) in [6.07, 6.45) is 2.55. The molecule has 1 aromatic rings. The Balaban J connectivity index is 1.86.